The first kappa shape index (κ1) is 14.0. The summed E-state index contributed by atoms with van der Waals surface area (Å²) in [6, 6.07) is 1.95. The lowest BCUT2D eigenvalue weighted by atomic mass is 10.0. The molecule has 0 heterocycles. The molecule has 1 atom stereocenters. The van der Waals surface area contributed by atoms with Crippen LogP contribution in [0.3, 0.4) is 0 Å². The molecule has 0 amide bonds. The summed E-state index contributed by atoms with van der Waals surface area (Å²) in [4.78, 5) is 0. The number of halogens is 2. The summed E-state index contributed by atoms with van der Waals surface area (Å²) < 4.78 is 13.0. The first-order valence-electron chi connectivity index (χ1n) is 4.59. The molecule has 0 radical (unpaired) electrons. The van der Waals surface area contributed by atoms with Crippen LogP contribution in [0.25, 0.3) is 0 Å². The molecule has 0 aliphatic rings. The second-order valence-electron chi connectivity index (χ2n) is 3.33. The molecule has 1 aromatic rings. The first-order valence-corrected chi connectivity index (χ1v) is 4.59. The molecular weight excluding hydrogens is 219 g/mol. The van der Waals surface area contributed by atoms with E-state index in [-0.39, 0.29) is 29.9 Å². The minimum absolute atomic E-state index is 0. The van der Waals surface area contributed by atoms with Gasteiger partial charge in [0.2, 0.25) is 0 Å². The Morgan fingerprint density at radius 1 is 1.47 bits per heavy atom. The molecule has 15 heavy (non-hydrogen) atoms. The molecule has 5 N–H and O–H groups in total. The molecule has 0 unspecified atom stereocenters. The summed E-state index contributed by atoms with van der Waals surface area (Å²) in [6.45, 7) is 1.97. The molecule has 0 aromatic heterocycles. The Morgan fingerprint density at radius 2 is 2.07 bits per heavy atom. The van der Waals surface area contributed by atoms with E-state index in [1.165, 1.54) is 6.07 Å². The molecule has 0 aliphatic carbocycles. The van der Waals surface area contributed by atoms with Gasteiger partial charge in [-0.15, -0.1) is 12.4 Å². The molecule has 0 saturated heterocycles. The topological polar surface area (TPSA) is 72.3 Å². The third kappa shape index (κ3) is 3.25. The van der Waals surface area contributed by atoms with Crippen molar-refractivity contribution in [1.29, 1.82) is 0 Å². The fourth-order valence-electron chi connectivity index (χ4n) is 1.39. The second kappa shape index (κ2) is 5.78. The SMILES string of the molecule is CCC[C@H](N)c1cc(F)cc(N)c1O.Cl. The Bertz CT molecular complexity index is 333. The van der Waals surface area contributed by atoms with E-state index in [0.717, 1.165) is 12.5 Å². The van der Waals surface area contributed by atoms with Crippen molar-refractivity contribution in [2.24, 2.45) is 5.73 Å². The Balaban J connectivity index is 0.00000196. The van der Waals surface area contributed by atoms with E-state index in [1.54, 1.807) is 0 Å². The number of hydrogen-bond donors (Lipinski definition) is 3. The summed E-state index contributed by atoms with van der Waals surface area (Å²) in [7, 11) is 0. The van der Waals surface area contributed by atoms with Gasteiger partial charge in [-0.05, 0) is 12.5 Å². The third-order valence-electron chi connectivity index (χ3n) is 2.13. The average Bonchev–Trinajstić information content (AvgIpc) is 2.11. The average molecular weight is 235 g/mol. The molecule has 5 heteroatoms. The van der Waals surface area contributed by atoms with Crippen molar-refractivity contribution in [2.75, 3.05) is 5.73 Å². The van der Waals surface area contributed by atoms with Crippen molar-refractivity contribution in [1.82, 2.24) is 0 Å². The predicted octanol–water partition coefficient (Wildman–Crippen LogP) is 2.34. The number of aromatic hydroxyl groups is 1. The number of benzene rings is 1. The van der Waals surface area contributed by atoms with E-state index in [1.807, 2.05) is 6.92 Å². The van der Waals surface area contributed by atoms with Gasteiger partial charge in [0, 0.05) is 17.7 Å². The van der Waals surface area contributed by atoms with Gasteiger partial charge in [0.05, 0.1) is 5.69 Å². The van der Waals surface area contributed by atoms with Gasteiger partial charge < -0.3 is 16.6 Å². The molecular formula is C10H16ClFN2O. The van der Waals surface area contributed by atoms with Gasteiger partial charge >= 0.3 is 0 Å². The first-order chi connectivity index (χ1) is 6.56. The quantitative estimate of drug-likeness (QED) is 0.555. The van der Waals surface area contributed by atoms with Crippen molar-refractivity contribution in [3.05, 3.63) is 23.5 Å². The number of hydrogen-bond acceptors (Lipinski definition) is 3. The summed E-state index contributed by atoms with van der Waals surface area (Å²) in [5, 5.41) is 9.55. The van der Waals surface area contributed by atoms with Crippen LogP contribution in [-0.2, 0) is 0 Å². The van der Waals surface area contributed by atoms with Gasteiger partial charge in [-0.2, -0.15) is 0 Å². The van der Waals surface area contributed by atoms with Gasteiger partial charge in [0.1, 0.15) is 11.6 Å². The molecule has 0 fully saturated rings. The summed E-state index contributed by atoms with van der Waals surface area (Å²) >= 11 is 0. The van der Waals surface area contributed by atoms with E-state index in [2.05, 4.69) is 0 Å². The number of phenols is 1. The number of nitrogen functional groups attached to an aromatic ring is 1. The fraction of sp³-hybridized carbons (Fsp3) is 0.400. The number of nitrogens with two attached hydrogens (primary N) is 2. The molecule has 0 saturated carbocycles. The highest BCUT2D eigenvalue weighted by molar-refractivity contribution is 5.85. The van der Waals surface area contributed by atoms with Crippen molar-refractivity contribution in [2.45, 2.75) is 25.8 Å². The molecule has 0 aliphatic heterocycles. The minimum Gasteiger partial charge on any atom is -0.505 e. The molecule has 86 valence electrons. The number of phenolic OH excluding ortho intramolecular Hbond substituents is 1. The van der Waals surface area contributed by atoms with Crippen LogP contribution in [0.4, 0.5) is 10.1 Å². The smallest absolute Gasteiger partial charge is 0.143 e. The van der Waals surface area contributed by atoms with Crippen LogP contribution in [0.5, 0.6) is 5.75 Å². The predicted molar refractivity (Wildman–Crippen MR) is 61.6 cm³/mol. The summed E-state index contributed by atoms with van der Waals surface area (Å²) in [6.07, 6.45) is 1.56. The summed E-state index contributed by atoms with van der Waals surface area (Å²) in [5.74, 6) is -0.575. The molecule has 0 spiro atoms. The van der Waals surface area contributed by atoms with Crippen molar-refractivity contribution < 1.29 is 9.50 Å². The van der Waals surface area contributed by atoms with Gasteiger partial charge in [-0.1, -0.05) is 13.3 Å². The van der Waals surface area contributed by atoms with Crippen LogP contribution in [0.15, 0.2) is 12.1 Å². The van der Waals surface area contributed by atoms with Crippen molar-refractivity contribution in [3.8, 4) is 5.75 Å². The van der Waals surface area contributed by atoms with Crippen LogP contribution >= 0.6 is 12.4 Å². The maximum absolute atomic E-state index is 13.0. The summed E-state index contributed by atoms with van der Waals surface area (Å²) in [5.41, 5.74) is 11.6. The van der Waals surface area contributed by atoms with E-state index in [4.69, 9.17) is 11.5 Å². The third-order valence-corrected chi connectivity index (χ3v) is 2.13. The second-order valence-corrected chi connectivity index (χ2v) is 3.33. The Morgan fingerprint density at radius 3 is 2.60 bits per heavy atom. The standard InChI is InChI=1S/C10H15FN2O.ClH/c1-2-3-8(12)7-4-6(11)5-9(13)10(7)14;/h4-5,8,14H,2-3,12-13H2,1H3;1H/t8-;/m0./s1. The van der Waals surface area contributed by atoms with Gasteiger partial charge in [-0.3, -0.25) is 0 Å². The zero-order valence-electron chi connectivity index (χ0n) is 8.53. The lowest BCUT2D eigenvalue weighted by molar-refractivity contribution is 0.457. The zero-order chi connectivity index (χ0) is 10.7. The highest BCUT2D eigenvalue weighted by Gasteiger charge is 2.13. The number of anilines is 1. The normalized spacial score (nSPS) is 11.9. The van der Waals surface area contributed by atoms with Crippen molar-refractivity contribution >= 4 is 18.1 Å². The van der Waals surface area contributed by atoms with Gasteiger partial charge in [-0.25, -0.2) is 4.39 Å². The van der Waals surface area contributed by atoms with Crippen LogP contribution in [0.2, 0.25) is 0 Å². The maximum atomic E-state index is 13.0. The Labute approximate surface area is 94.7 Å². The largest absolute Gasteiger partial charge is 0.505 e. The van der Waals surface area contributed by atoms with Gasteiger partial charge in [0.15, 0.2) is 0 Å². The van der Waals surface area contributed by atoms with Crippen LogP contribution in [0.1, 0.15) is 31.4 Å². The molecule has 3 nitrogen and oxygen atoms in total. The van der Waals surface area contributed by atoms with Crippen LogP contribution in [-0.4, -0.2) is 5.11 Å². The zero-order valence-corrected chi connectivity index (χ0v) is 9.35. The Kier molecular flexibility index (Phi) is 5.39. The van der Waals surface area contributed by atoms with E-state index in [0.29, 0.717) is 12.0 Å². The fourth-order valence-corrected chi connectivity index (χ4v) is 1.39. The van der Waals surface area contributed by atoms with E-state index in [9.17, 15) is 9.50 Å². The van der Waals surface area contributed by atoms with E-state index >= 15 is 0 Å². The lowest BCUT2D eigenvalue weighted by Gasteiger charge is -2.13. The van der Waals surface area contributed by atoms with Crippen molar-refractivity contribution in [3.63, 3.8) is 0 Å². The minimum atomic E-state index is -0.471. The van der Waals surface area contributed by atoms with E-state index < -0.39 is 5.82 Å². The monoisotopic (exact) mass is 234 g/mol. The van der Waals surface area contributed by atoms with Crippen LogP contribution < -0.4 is 11.5 Å². The van der Waals surface area contributed by atoms with Gasteiger partial charge in [0.25, 0.3) is 0 Å². The van der Waals surface area contributed by atoms with Crippen LogP contribution in [0, 0.1) is 5.82 Å². The molecule has 0 bridgehead atoms. The number of rotatable bonds is 3. The molecule has 1 aromatic carbocycles. The Hall–Kier alpha value is -1.000. The lowest BCUT2D eigenvalue weighted by Crippen LogP contribution is -2.11. The maximum Gasteiger partial charge on any atom is 0.143 e. The highest BCUT2D eigenvalue weighted by Crippen LogP contribution is 2.31. The highest BCUT2D eigenvalue weighted by atomic mass is 35.5. The molecule has 1 rings (SSSR count).